The Morgan fingerprint density at radius 2 is 1.94 bits per heavy atom. The fourth-order valence-corrected chi connectivity index (χ4v) is 2.55. The normalized spacial score (nSPS) is 31.6. The van der Waals surface area contributed by atoms with Gasteiger partial charge in [0.1, 0.15) is 18.8 Å². The van der Waals surface area contributed by atoms with Gasteiger partial charge in [-0.15, -0.1) is 0 Å². The van der Waals surface area contributed by atoms with Gasteiger partial charge in [-0.05, 0) is 12.8 Å². The summed E-state index contributed by atoms with van der Waals surface area (Å²) in [5.41, 5.74) is 0. The van der Waals surface area contributed by atoms with Gasteiger partial charge in [0, 0.05) is 19.8 Å². The SMILES string of the molecule is CC(=O)OC[C@@H]1OC2(CCCCC2)O[C@@H]1CO. The van der Waals surface area contributed by atoms with Crippen molar-refractivity contribution >= 4 is 5.97 Å². The van der Waals surface area contributed by atoms with Crippen LogP contribution in [0.4, 0.5) is 0 Å². The Morgan fingerprint density at radius 3 is 2.53 bits per heavy atom. The van der Waals surface area contributed by atoms with Crippen molar-refractivity contribution in [3.63, 3.8) is 0 Å². The number of aliphatic hydroxyl groups is 1. The second-order valence-corrected chi connectivity index (χ2v) is 4.77. The molecule has 1 aliphatic heterocycles. The molecule has 0 aromatic carbocycles. The van der Waals surface area contributed by atoms with Crippen molar-refractivity contribution in [2.75, 3.05) is 13.2 Å². The van der Waals surface area contributed by atoms with Gasteiger partial charge in [-0.1, -0.05) is 6.42 Å². The molecular weight excluding hydrogens is 224 g/mol. The Balaban J connectivity index is 1.94. The first-order valence-corrected chi connectivity index (χ1v) is 6.25. The first-order valence-electron chi connectivity index (χ1n) is 6.25. The Morgan fingerprint density at radius 1 is 1.29 bits per heavy atom. The summed E-state index contributed by atoms with van der Waals surface area (Å²) < 4.78 is 16.6. The summed E-state index contributed by atoms with van der Waals surface area (Å²) in [6, 6.07) is 0. The number of rotatable bonds is 3. The summed E-state index contributed by atoms with van der Waals surface area (Å²) in [5, 5.41) is 9.27. The van der Waals surface area contributed by atoms with Gasteiger partial charge in [-0.25, -0.2) is 0 Å². The van der Waals surface area contributed by atoms with Crippen LogP contribution in [0.15, 0.2) is 0 Å². The molecule has 2 atom stereocenters. The summed E-state index contributed by atoms with van der Waals surface area (Å²) in [6.07, 6.45) is 4.36. The smallest absolute Gasteiger partial charge is 0.302 e. The van der Waals surface area contributed by atoms with E-state index in [1.807, 2.05) is 0 Å². The van der Waals surface area contributed by atoms with Crippen LogP contribution in [0.3, 0.4) is 0 Å². The second kappa shape index (κ2) is 5.33. The zero-order valence-electron chi connectivity index (χ0n) is 10.2. The average Bonchev–Trinajstić information content (AvgIpc) is 2.65. The third-order valence-electron chi connectivity index (χ3n) is 3.39. The minimum atomic E-state index is -0.545. The molecule has 0 bridgehead atoms. The summed E-state index contributed by atoms with van der Waals surface area (Å²) in [5.74, 6) is -0.883. The first kappa shape index (κ1) is 12.8. The van der Waals surface area contributed by atoms with Crippen molar-refractivity contribution in [3.8, 4) is 0 Å². The van der Waals surface area contributed by atoms with Gasteiger partial charge in [-0.2, -0.15) is 0 Å². The van der Waals surface area contributed by atoms with Gasteiger partial charge in [0.2, 0.25) is 0 Å². The van der Waals surface area contributed by atoms with Crippen LogP contribution in [0, 0.1) is 0 Å². The molecule has 0 unspecified atom stereocenters. The number of aliphatic hydroxyl groups excluding tert-OH is 1. The third-order valence-corrected chi connectivity index (χ3v) is 3.39. The number of hydrogen-bond acceptors (Lipinski definition) is 5. The zero-order valence-corrected chi connectivity index (χ0v) is 10.2. The molecule has 1 saturated heterocycles. The van der Waals surface area contributed by atoms with Gasteiger partial charge in [0.05, 0.1) is 6.61 Å². The van der Waals surface area contributed by atoms with E-state index in [-0.39, 0.29) is 31.4 Å². The van der Waals surface area contributed by atoms with Crippen molar-refractivity contribution < 1.29 is 24.1 Å². The lowest BCUT2D eigenvalue weighted by atomic mass is 9.94. The zero-order chi connectivity index (χ0) is 12.3. The lowest BCUT2D eigenvalue weighted by molar-refractivity contribution is -0.199. The Bertz CT molecular complexity index is 272. The number of ether oxygens (including phenoxy) is 3. The van der Waals surface area contributed by atoms with Crippen molar-refractivity contribution in [1.82, 2.24) is 0 Å². The van der Waals surface area contributed by atoms with Crippen LogP contribution in [0.2, 0.25) is 0 Å². The van der Waals surface area contributed by atoms with E-state index in [1.165, 1.54) is 13.3 Å². The highest BCUT2D eigenvalue weighted by atomic mass is 16.8. The molecule has 2 fully saturated rings. The minimum absolute atomic E-state index is 0.103. The van der Waals surface area contributed by atoms with Crippen LogP contribution in [0.25, 0.3) is 0 Å². The molecule has 0 radical (unpaired) electrons. The monoisotopic (exact) mass is 244 g/mol. The predicted octanol–water partition coefficient (Wildman–Crippen LogP) is 0.986. The molecule has 2 rings (SSSR count). The molecule has 1 spiro atoms. The second-order valence-electron chi connectivity index (χ2n) is 4.77. The molecule has 0 amide bonds. The van der Waals surface area contributed by atoms with Gasteiger partial charge in [0.15, 0.2) is 5.79 Å². The van der Waals surface area contributed by atoms with Crippen molar-refractivity contribution in [3.05, 3.63) is 0 Å². The van der Waals surface area contributed by atoms with Crippen LogP contribution in [0.1, 0.15) is 39.0 Å². The fraction of sp³-hybridized carbons (Fsp3) is 0.917. The number of carbonyl (C=O) groups is 1. The Kier molecular flexibility index (Phi) is 4.01. The largest absolute Gasteiger partial charge is 0.463 e. The molecular formula is C12H20O5. The van der Waals surface area contributed by atoms with Crippen LogP contribution in [0.5, 0.6) is 0 Å². The molecule has 0 aromatic heterocycles. The molecule has 0 aromatic rings. The Labute approximate surface area is 101 Å². The standard InChI is InChI=1S/C12H20O5/c1-9(14)15-8-11-10(7-13)16-12(17-11)5-3-2-4-6-12/h10-11,13H,2-8H2,1H3/t10-,11+/m1/s1. The van der Waals surface area contributed by atoms with E-state index < -0.39 is 5.79 Å². The van der Waals surface area contributed by atoms with E-state index in [0.717, 1.165) is 25.7 Å². The highest BCUT2D eigenvalue weighted by Gasteiger charge is 2.47. The van der Waals surface area contributed by atoms with E-state index in [4.69, 9.17) is 14.2 Å². The highest BCUT2D eigenvalue weighted by Crippen LogP contribution is 2.40. The van der Waals surface area contributed by atoms with Crippen LogP contribution < -0.4 is 0 Å². The van der Waals surface area contributed by atoms with Crippen LogP contribution in [-0.4, -0.2) is 42.3 Å². The highest BCUT2D eigenvalue weighted by molar-refractivity contribution is 5.65. The molecule has 17 heavy (non-hydrogen) atoms. The van der Waals surface area contributed by atoms with Crippen molar-refractivity contribution in [2.45, 2.75) is 57.0 Å². The molecule has 1 heterocycles. The molecule has 1 N–H and O–H groups in total. The maximum absolute atomic E-state index is 10.8. The summed E-state index contributed by atoms with van der Waals surface area (Å²) >= 11 is 0. The Hall–Kier alpha value is -0.650. The van der Waals surface area contributed by atoms with E-state index in [2.05, 4.69) is 0 Å². The quantitative estimate of drug-likeness (QED) is 0.750. The summed E-state index contributed by atoms with van der Waals surface area (Å²) in [6.45, 7) is 1.41. The summed E-state index contributed by atoms with van der Waals surface area (Å²) in [7, 11) is 0. The van der Waals surface area contributed by atoms with Gasteiger partial charge in [0.25, 0.3) is 0 Å². The molecule has 98 valence electrons. The minimum Gasteiger partial charge on any atom is -0.463 e. The lowest BCUT2D eigenvalue weighted by Gasteiger charge is -2.31. The van der Waals surface area contributed by atoms with E-state index >= 15 is 0 Å². The first-order chi connectivity index (χ1) is 8.15. The average molecular weight is 244 g/mol. The van der Waals surface area contributed by atoms with E-state index in [1.54, 1.807) is 0 Å². The third kappa shape index (κ3) is 2.97. The molecule has 1 aliphatic carbocycles. The van der Waals surface area contributed by atoms with Crippen LogP contribution in [-0.2, 0) is 19.0 Å². The van der Waals surface area contributed by atoms with Crippen molar-refractivity contribution in [2.24, 2.45) is 0 Å². The van der Waals surface area contributed by atoms with E-state index in [0.29, 0.717) is 0 Å². The van der Waals surface area contributed by atoms with E-state index in [9.17, 15) is 9.90 Å². The van der Waals surface area contributed by atoms with Crippen molar-refractivity contribution in [1.29, 1.82) is 0 Å². The van der Waals surface area contributed by atoms with Gasteiger partial charge >= 0.3 is 5.97 Å². The number of hydrogen-bond donors (Lipinski definition) is 1. The molecule has 5 heteroatoms. The lowest BCUT2D eigenvalue weighted by Crippen LogP contribution is -2.34. The maximum Gasteiger partial charge on any atom is 0.302 e. The molecule has 5 nitrogen and oxygen atoms in total. The maximum atomic E-state index is 10.8. The molecule has 1 saturated carbocycles. The fourth-order valence-electron chi connectivity index (χ4n) is 2.55. The summed E-state index contributed by atoms with van der Waals surface area (Å²) in [4.78, 5) is 10.8. The number of esters is 1. The topological polar surface area (TPSA) is 65.0 Å². The predicted molar refractivity (Wildman–Crippen MR) is 59.3 cm³/mol. The van der Waals surface area contributed by atoms with Crippen LogP contribution >= 0.6 is 0 Å². The molecule has 2 aliphatic rings. The van der Waals surface area contributed by atoms with Gasteiger partial charge in [-0.3, -0.25) is 4.79 Å². The number of carbonyl (C=O) groups excluding carboxylic acids is 1. The van der Waals surface area contributed by atoms with Gasteiger partial charge < -0.3 is 19.3 Å².